The third-order valence-corrected chi connectivity index (χ3v) is 4.03. The minimum absolute atomic E-state index is 0.100. The van der Waals surface area contributed by atoms with Gasteiger partial charge in [-0.25, -0.2) is 0 Å². The molecule has 2 aromatic carbocycles. The summed E-state index contributed by atoms with van der Waals surface area (Å²) in [4.78, 5) is 24.5. The highest BCUT2D eigenvalue weighted by molar-refractivity contribution is 5.98. The number of furan rings is 1. The fourth-order valence-corrected chi connectivity index (χ4v) is 2.64. The van der Waals surface area contributed by atoms with E-state index in [1.807, 2.05) is 31.2 Å². The molecule has 0 saturated carbocycles. The van der Waals surface area contributed by atoms with Gasteiger partial charge in [-0.3, -0.25) is 9.59 Å². The lowest BCUT2D eigenvalue weighted by Crippen LogP contribution is -2.24. The van der Waals surface area contributed by atoms with E-state index in [4.69, 9.17) is 9.15 Å². The molecule has 0 fully saturated rings. The van der Waals surface area contributed by atoms with Crippen LogP contribution in [0.25, 0.3) is 0 Å². The molecule has 29 heavy (non-hydrogen) atoms. The molecule has 0 radical (unpaired) electrons. The Hall–Kier alpha value is -3.74. The van der Waals surface area contributed by atoms with E-state index in [-0.39, 0.29) is 18.4 Å². The molecule has 0 spiro atoms. The molecule has 0 bridgehead atoms. The van der Waals surface area contributed by atoms with Gasteiger partial charge in [0, 0.05) is 16.9 Å². The number of ether oxygens (including phenoxy) is 1. The Bertz CT molecular complexity index is 937. The van der Waals surface area contributed by atoms with Gasteiger partial charge in [0.1, 0.15) is 11.5 Å². The summed E-state index contributed by atoms with van der Waals surface area (Å²) in [5.74, 6) is 0.991. The SMILES string of the molecule is CCOc1ccc(NCC(=O)Nc2cccc(C(=O)NCc3ccco3)c2)cc1. The van der Waals surface area contributed by atoms with Crippen molar-refractivity contribution in [3.63, 3.8) is 0 Å². The topological polar surface area (TPSA) is 92.6 Å². The number of rotatable bonds is 9. The third kappa shape index (κ3) is 6.14. The zero-order chi connectivity index (χ0) is 20.5. The molecule has 7 heteroatoms. The zero-order valence-corrected chi connectivity index (χ0v) is 16.1. The summed E-state index contributed by atoms with van der Waals surface area (Å²) in [5, 5.41) is 8.61. The fourth-order valence-electron chi connectivity index (χ4n) is 2.64. The predicted molar refractivity (Wildman–Crippen MR) is 111 cm³/mol. The van der Waals surface area contributed by atoms with Crippen LogP contribution >= 0.6 is 0 Å². The van der Waals surface area contributed by atoms with Crippen molar-refractivity contribution in [3.05, 3.63) is 78.3 Å². The number of hydrogen-bond acceptors (Lipinski definition) is 5. The first-order valence-electron chi connectivity index (χ1n) is 9.31. The maximum Gasteiger partial charge on any atom is 0.251 e. The summed E-state index contributed by atoms with van der Waals surface area (Å²) in [6.45, 7) is 2.93. The van der Waals surface area contributed by atoms with Crippen molar-refractivity contribution in [2.45, 2.75) is 13.5 Å². The van der Waals surface area contributed by atoms with Crippen LogP contribution in [-0.4, -0.2) is 25.0 Å². The average molecular weight is 393 g/mol. The van der Waals surface area contributed by atoms with E-state index in [0.29, 0.717) is 30.2 Å². The van der Waals surface area contributed by atoms with Crippen LogP contribution in [0, 0.1) is 0 Å². The van der Waals surface area contributed by atoms with E-state index in [9.17, 15) is 9.59 Å². The number of nitrogens with one attached hydrogen (secondary N) is 3. The summed E-state index contributed by atoms with van der Waals surface area (Å²) in [6.07, 6.45) is 1.55. The van der Waals surface area contributed by atoms with Crippen molar-refractivity contribution < 1.29 is 18.7 Å². The molecule has 0 atom stereocenters. The van der Waals surface area contributed by atoms with Gasteiger partial charge in [0.2, 0.25) is 5.91 Å². The average Bonchev–Trinajstić information content (AvgIpc) is 3.26. The quantitative estimate of drug-likeness (QED) is 0.516. The molecule has 7 nitrogen and oxygen atoms in total. The van der Waals surface area contributed by atoms with E-state index in [1.54, 1.807) is 42.7 Å². The van der Waals surface area contributed by atoms with Crippen molar-refractivity contribution in [1.29, 1.82) is 0 Å². The van der Waals surface area contributed by atoms with Crippen LogP contribution in [0.4, 0.5) is 11.4 Å². The van der Waals surface area contributed by atoms with Gasteiger partial charge in [0.25, 0.3) is 5.91 Å². The molecular weight excluding hydrogens is 370 g/mol. The van der Waals surface area contributed by atoms with Crippen molar-refractivity contribution in [2.75, 3.05) is 23.8 Å². The third-order valence-electron chi connectivity index (χ3n) is 4.03. The molecule has 150 valence electrons. The second-order valence-corrected chi connectivity index (χ2v) is 6.20. The Morgan fingerprint density at radius 1 is 1.00 bits per heavy atom. The van der Waals surface area contributed by atoms with Crippen molar-refractivity contribution in [2.24, 2.45) is 0 Å². The highest BCUT2D eigenvalue weighted by Gasteiger charge is 2.09. The lowest BCUT2D eigenvalue weighted by Gasteiger charge is -2.10. The molecule has 1 heterocycles. The molecular formula is C22H23N3O4. The number of hydrogen-bond donors (Lipinski definition) is 3. The Morgan fingerprint density at radius 2 is 1.83 bits per heavy atom. The number of benzene rings is 2. The van der Waals surface area contributed by atoms with Crippen LogP contribution in [0.15, 0.2) is 71.3 Å². The van der Waals surface area contributed by atoms with Gasteiger partial charge in [-0.2, -0.15) is 0 Å². The predicted octanol–water partition coefficient (Wildman–Crippen LogP) is 3.66. The highest BCUT2D eigenvalue weighted by Crippen LogP contribution is 2.16. The van der Waals surface area contributed by atoms with Gasteiger partial charge in [0.05, 0.1) is 26.0 Å². The van der Waals surface area contributed by atoms with Crippen molar-refractivity contribution in [3.8, 4) is 5.75 Å². The Balaban J connectivity index is 1.49. The van der Waals surface area contributed by atoms with Crippen LogP contribution in [0.2, 0.25) is 0 Å². The molecule has 0 unspecified atom stereocenters. The Labute approximate surface area is 169 Å². The normalized spacial score (nSPS) is 10.2. The number of carbonyl (C=O) groups is 2. The van der Waals surface area contributed by atoms with Gasteiger partial charge in [-0.05, 0) is 61.5 Å². The lowest BCUT2D eigenvalue weighted by molar-refractivity contribution is -0.114. The molecule has 0 aliphatic carbocycles. The zero-order valence-electron chi connectivity index (χ0n) is 16.1. The molecule has 1 aromatic heterocycles. The van der Waals surface area contributed by atoms with Crippen LogP contribution in [0.1, 0.15) is 23.0 Å². The minimum Gasteiger partial charge on any atom is -0.494 e. The van der Waals surface area contributed by atoms with Crippen LogP contribution < -0.4 is 20.7 Å². The van der Waals surface area contributed by atoms with E-state index in [2.05, 4.69) is 16.0 Å². The lowest BCUT2D eigenvalue weighted by atomic mass is 10.2. The van der Waals surface area contributed by atoms with Gasteiger partial charge < -0.3 is 25.1 Å². The maximum absolute atomic E-state index is 12.3. The van der Waals surface area contributed by atoms with Crippen LogP contribution in [0.3, 0.4) is 0 Å². The van der Waals surface area contributed by atoms with E-state index in [0.717, 1.165) is 11.4 Å². The van der Waals surface area contributed by atoms with E-state index < -0.39 is 0 Å². The van der Waals surface area contributed by atoms with Crippen molar-refractivity contribution >= 4 is 23.2 Å². The molecule has 3 N–H and O–H groups in total. The van der Waals surface area contributed by atoms with Gasteiger partial charge in [-0.1, -0.05) is 6.07 Å². The van der Waals surface area contributed by atoms with Crippen molar-refractivity contribution in [1.82, 2.24) is 5.32 Å². The largest absolute Gasteiger partial charge is 0.494 e. The Morgan fingerprint density at radius 3 is 2.55 bits per heavy atom. The monoisotopic (exact) mass is 393 g/mol. The molecule has 0 aliphatic rings. The van der Waals surface area contributed by atoms with Gasteiger partial charge in [0.15, 0.2) is 0 Å². The molecule has 3 rings (SSSR count). The second kappa shape index (κ2) is 9.98. The molecule has 0 saturated heterocycles. The highest BCUT2D eigenvalue weighted by atomic mass is 16.5. The molecule has 3 aromatic rings. The van der Waals surface area contributed by atoms with Gasteiger partial charge in [-0.15, -0.1) is 0 Å². The maximum atomic E-state index is 12.3. The first-order valence-corrected chi connectivity index (χ1v) is 9.31. The van der Waals surface area contributed by atoms with E-state index >= 15 is 0 Å². The smallest absolute Gasteiger partial charge is 0.251 e. The summed E-state index contributed by atoms with van der Waals surface area (Å²) < 4.78 is 10.6. The number of carbonyl (C=O) groups excluding carboxylic acids is 2. The van der Waals surface area contributed by atoms with Crippen LogP contribution in [0.5, 0.6) is 5.75 Å². The van der Waals surface area contributed by atoms with Crippen LogP contribution in [-0.2, 0) is 11.3 Å². The second-order valence-electron chi connectivity index (χ2n) is 6.20. The number of anilines is 2. The van der Waals surface area contributed by atoms with E-state index in [1.165, 1.54) is 0 Å². The first-order chi connectivity index (χ1) is 14.1. The molecule has 2 amide bonds. The summed E-state index contributed by atoms with van der Waals surface area (Å²) >= 11 is 0. The first kappa shape index (κ1) is 20.0. The summed E-state index contributed by atoms with van der Waals surface area (Å²) in [5.41, 5.74) is 1.82. The summed E-state index contributed by atoms with van der Waals surface area (Å²) in [7, 11) is 0. The van der Waals surface area contributed by atoms with Gasteiger partial charge >= 0.3 is 0 Å². The molecule has 0 aliphatic heterocycles. The number of amides is 2. The summed E-state index contributed by atoms with van der Waals surface area (Å²) in [6, 6.07) is 17.7. The Kier molecular flexibility index (Phi) is 6.89. The minimum atomic E-state index is -0.245. The standard InChI is InChI=1S/C22H23N3O4/c1-2-28-19-10-8-17(9-11-19)23-15-21(26)25-18-6-3-5-16(13-18)22(27)24-14-20-7-4-12-29-20/h3-13,23H,2,14-15H2,1H3,(H,24,27)(H,25,26). The fraction of sp³-hybridized carbons (Fsp3) is 0.182.